The molecule has 0 radical (unpaired) electrons. The van der Waals surface area contributed by atoms with Crippen molar-refractivity contribution in [2.45, 2.75) is 33.6 Å². The van der Waals surface area contributed by atoms with Gasteiger partial charge in [0.1, 0.15) is 0 Å². The summed E-state index contributed by atoms with van der Waals surface area (Å²) in [5.74, 6) is 6.01. The van der Waals surface area contributed by atoms with Gasteiger partial charge in [0.2, 0.25) is 0 Å². The Bertz CT molecular complexity index is 137. The average Bonchev–Trinajstić information content (AvgIpc) is 1.80. The van der Waals surface area contributed by atoms with E-state index in [1.807, 2.05) is 6.08 Å². The van der Waals surface area contributed by atoms with E-state index in [0.29, 0.717) is 0 Å². The Morgan fingerprint density at radius 2 is 2.11 bits per heavy atom. The van der Waals surface area contributed by atoms with Crippen molar-refractivity contribution in [1.82, 2.24) is 0 Å². The first-order valence-corrected chi connectivity index (χ1v) is 3.39. The van der Waals surface area contributed by atoms with Gasteiger partial charge >= 0.3 is 0 Å². The predicted molar refractivity (Wildman–Crippen MR) is 42.1 cm³/mol. The van der Waals surface area contributed by atoms with Crippen molar-refractivity contribution in [1.29, 1.82) is 0 Å². The maximum absolute atomic E-state index is 3.04. The highest BCUT2D eigenvalue weighted by molar-refractivity contribution is 5.18. The molecule has 0 N–H and O–H groups in total. The van der Waals surface area contributed by atoms with Gasteiger partial charge in [-0.15, -0.1) is 0 Å². The van der Waals surface area contributed by atoms with Gasteiger partial charge in [0.15, 0.2) is 0 Å². The highest BCUT2D eigenvalue weighted by Crippen LogP contribution is 1.86. The fourth-order valence-electron chi connectivity index (χ4n) is 0.393. The molecule has 0 aliphatic rings. The van der Waals surface area contributed by atoms with Gasteiger partial charge in [-0.2, -0.15) is 0 Å². The van der Waals surface area contributed by atoms with Crippen LogP contribution in [0.25, 0.3) is 0 Å². The van der Waals surface area contributed by atoms with E-state index in [0.717, 1.165) is 12.8 Å². The van der Waals surface area contributed by atoms with E-state index in [2.05, 4.69) is 32.6 Å². The molecule has 0 heteroatoms. The van der Waals surface area contributed by atoms with Gasteiger partial charge in [0.25, 0.3) is 0 Å². The summed E-state index contributed by atoms with van der Waals surface area (Å²) in [6, 6.07) is 0. The zero-order valence-electron chi connectivity index (χ0n) is 6.49. The average molecular weight is 122 g/mol. The number of allylic oxidation sites excluding steroid dienone is 2. The molecule has 0 aromatic carbocycles. The zero-order chi connectivity index (χ0) is 7.11. The van der Waals surface area contributed by atoms with Crippen molar-refractivity contribution in [3.8, 4) is 11.8 Å². The zero-order valence-corrected chi connectivity index (χ0v) is 6.49. The second-order valence-corrected chi connectivity index (χ2v) is 2.29. The lowest BCUT2D eigenvalue weighted by Gasteiger charge is -1.78. The number of unbranched alkanes of at least 4 members (excludes halogenated alkanes) is 1. The molecule has 9 heavy (non-hydrogen) atoms. The molecular formula is C9H14. The summed E-state index contributed by atoms with van der Waals surface area (Å²) in [7, 11) is 0. The Morgan fingerprint density at radius 3 is 2.56 bits per heavy atom. The molecule has 0 amide bonds. The van der Waals surface area contributed by atoms with E-state index in [9.17, 15) is 0 Å². The van der Waals surface area contributed by atoms with Crippen molar-refractivity contribution in [3.05, 3.63) is 11.6 Å². The molecule has 0 atom stereocenters. The molecule has 0 aliphatic heterocycles. The van der Waals surface area contributed by atoms with Gasteiger partial charge in [-0.3, -0.25) is 0 Å². The number of hydrogen-bond donors (Lipinski definition) is 0. The molecule has 0 fully saturated rings. The molecule has 0 spiro atoms. The van der Waals surface area contributed by atoms with Gasteiger partial charge in [0, 0.05) is 6.42 Å². The van der Waals surface area contributed by atoms with E-state index in [1.165, 1.54) is 5.57 Å². The molecule has 0 bridgehead atoms. The molecule has 0 unspecified atom stereocenters. The van der Waals surface area contributed by atoms with Crippen molar-refractivity contribution < 1.29 is 0 Å². The molecule has 0 nitrogen and oxygen atoms in total. The maximum Gasteiger partial charge on any atom is 0.00896 e. The summed E-state index contributed by atoms with van der Waals surface area (Å²) in [5, 5.41) is 0. The summed E-state index contributed by atoms with van der Waals surface area (Å²) >= 11 is 0. The summed E-state index contributed by atoms with van der Waals surface area (Å²) in [4.78, 5) is 0. The summed E-state index contributed by atoms with van der Waals surface area (Å²) in [6.45, 7) is 6.25. The van der Waals surface area contributed by atoms with Crippen molar-refractivity contribution in [2.24, 2.45) is 0 Å². The smallest absolute Gasteiger partial charge is 0.00896 e. The molecule has 0 aliphatic carbocycles. The fraction of sp³-hybridized carbons (Fsp3) is 0.556. The van der Waals surface area contributed by atoms with E-state index >= 15 is 0 Å². The van der Waals surface area contributed by atoms with Gasteiger partial charge < -0.3 is 0 Å². The molecule has 0 aromatic rings. The second-order valence-electron chi connectivity index (χ2n) is 2.29. The first-order chi connectivity index (χ1) is 4.27. The van der Waals surface area contributed by atoms with E-state index < -0.39 is 0 Å². The van der Waals surface area contributed by atoms with Crippen LogP contribution >= 0.6 is 0 Å². The van der Waals surface area contributed by atoms with Gasteiger partial charge in [-0.05, 0) is 26.3 Å². The first kappa shape index (κ1) is 8.30. The van der Waals surface area contributed by atoms with Crippen LogP contribution in [-0.2, 0) is 0 Å². The Hall–Kier alpha value is -0.700. The lowest BCUT2D eigenvalue weighted by atomic mass is 10.3. The lowest BCUT2D eigenvalue weighted by Crippen LogP contribution is -1.62. The lowest BCUT2D eigenvalue weighted by molar-refractivity contribution is 0.983. The SMILES string of the molecule is CCCC#CC=C(C)C. The molecule has 0 aromatic heterocycles. The van der Waals surface area contributed by atoms with Crippen LogP contribution in [0.3, 0.4) is 0 Å². The van der Waals surface area contributed by atoms with Crippen LogP contribution in [0.4, 0.5) is 0 Å². The number of hydrogen-bond acceptors (Lipinski definition) is 0. The molecule has 0 saturated heterocycles. The molecule has 50 valence electrons. The minimum atomic E-state index is 1.02. The van der Waals surface area contributed by atoms with E-state index in [-0.39, 0.29) is 0 Å². The van der Waals surface area contributed by atoms with Crippen LogP contribution in [0.1, 0.15) is 33.6 Å². The minimum absolute atomic E-state index is 1.02. The van der Waals surface area contributed by atoms with E-state index in [4.69, 9.17) is 0 Å². The summed E-state index contributed by atoms with van der Waals surface area (Å²) in [6.07, 6.45) is 4.13. The molecule has 0 heterocycles. The minimum Gasteiger partial charge on any atom is -0.0985 e. The third-order valence-electron chi connectivity index (χ3n) is 0.838. The molecule has 0 saturated carbocycles. The fourth-order valence-corrected chi connectivity index (χ4v) is 0.393. The predicted octanol–water partition coefficient (Wildman–Crippen LogP) is 2.76. The normalized spacial score (nSPS) is 7.44. The Morgan fingerprint density at radius 1 is 1.44 bits per heavy atom. The highest BCUT2D eigenvalue weighted by Gasteiger charge is 1.69. The second kappa shape index (κ2) is 5.44. The first-order valence-electron chi connectivity index (χ1n) is 3.39. The van der Waals surface area contributed by atoms with Crippen LogP contribution in [0.5, 0.6) is 0 Å². The quantitative estimate of drug-likeness (QED) is 0.469. The Balaban J connectivity index is 3.49. The standard InChI is InChI=1S/C9H14/c1-4-5-6-7-8-9(2)3/h8H,4-5H2,1-3H3. The molecule has 0 rings (SSSR count). The maximum atomic E-state index is 3.04. The summed E-state index contributed by atoms with van der Waals surface area (Å²) in [5.41, 5.74) is 1.28. The van der Waals surface area contributed by atoms with Crippen LogP contribution in [0.2, 0.25) is 0 Å². The Labute approximate surface area is 58.0 Å². The van der Waals surface area contributed by atoms with Gasteiger partial charge in [-0.1, -0.05) is 24.3 Å². The Kier molecular flexibility index (Phi) is 5.01. The largest absolute Gasteiger partial charge is 0.0985 e. The van der Waals surface area contributed by atoms with Crippen molar-refractivity contribution >= 4 is 0 Å². The molecular weight excluding hydrogens is 108 g/mol. The third kappa shape index (κ3) is 7.30. The van der Waals surface area contributed by atoms with Crippen LogP contribution in [0, 0.1) is 11.8 Å². The van der Waals surface area contributed by atoms with Crippen LogP contribution in [-0.4, -0.2) is 0 Å². The third-order valence-corrected chi connectivity index (χ3v) is 0.838. The highest BCUT2D eigenvalue weighted by atomic mass is 13.7. The topological polar surface area (TPSA) is 0 Å². The number of rotatable bonds is 1. The van der Waals surface area contributed by atoms with Crippen molar-refractivity contribution in [2.75, 3.05) is 0 Å². The monoisotopic (exact) mass is 122 g/mol. The van der Waals surface area contributed by atoms with Crippen molar-refractivity contribution in [3.63, 3.8) is 0 Å². The van der Waals surface area contributed by atoms with E-state index in [1.54, 1.807) is 0 Å². The van der Waals surface area contributed by atoms with Crippen LogP contribution < -0.4 is 0 Å². The van der Waals surface area contributed by atoms with Crippen LogP contribution in [0.15, 0.2) is 11.6 Å². The van der Waals surface area contributed by atoms with Gasteiger partial charge in [0.05, 0.1) is 0 Å². The van der Waals surface area contributed by atoms with Gasteiger partial charge in [-0.25, -0.2) is 0 Å². The summed E-state index contributed by atoms with van der Waals surface area (Å²) < 4.78 is 0.